The van der Waals surface area contributed by atoms with Gasteiger partial charge in [0.25, 0.3) is 5.91 Å². The minimum atomic E-state index is -0.905. The lowest BCUT2D eigenvalue weighted by molar-refractivity contribution is -0.134. The monoisotopic (exact) mass is 457 g/mol. The van der Waals surface area contributed by atoms with E-state index in [0.29, 0.717) is 10.7 Å². The van der Waals surface area contributed by atoms with Crippen LogP contribution in [0.4, 0.5) is 10.5 Å². The van der Waals surface area contributed by atoms with Gasteiger partial charge in [0.15, 0.2) is 0 Å². The molecule has 2 fully saturated rings. The predicted octanol–water partition coefficient (Wildman–Crippen LogP) is 4.77. The molecule has 0 spiro atoms. The number of hydrogen-bond donors (Lipinski definition) is 2. The van der Waals surface area contributed by atoms with E-state index in [-0.39, 0.29) is 18.4 Å². The lowest BCUT2D eigenvalue weighted by Gasteiger charge is -2.21. The molecule has 2 aromatic carbocycles. The molecule has 31 heavy (non-hydrogen) atoms. The summed E-state index contributed by atoms with van der Waals surface area (Å²) in [7, 11) is 0. The van der Waals surface area contributed by atoms with E-state index in [1.807, 2.05) is 32.0 Å². The van der Waals surface area contributed by atoms with E-state index in [1.165, 1.54) is 17.3 Å². The average Bonchev–Trinajstić information content (AvgIpc) is 3.52. The molecular weight excluding hydrogens is 434 g/mol. The summed E-state index contributed by atoms with van der Waals surface area (Å²) in [6.07, 6.45) is 1.81. The van der Waals surface area contributed by atoms with Gasteiger partial charge in [-0.3, -0.25) is 14.5 Å². The number of anilines is 1. The molecule has 1 saturated heterocycles. The van der Waals surface area contributed by atoms with Crippen LogP contribution < -0.4 is 10.6 Å². The summed E-state index contributed by atoms with van der Waals surface area (Å²) in [5, 5.41) is 6.06. The van der Waals surface area contributed by atoms with Gasteiger partial charge in [-0.1, -0.05) is 41.1 Å². The van der Waals surface area contributed by atoms with Crippen molar-refractivity contribution in [2.45, 2.75) is 48.9 Å². The van der Waals surface area contributed by atoms with Crippen LogP contribution in [0.5, 0.6) is 0 Å². The quantitative estimate of drug-likeness (QED) is 0.612. The van der Waals surface area contributed by atoms with Gasteiger partial charge in [0.05, 0.1) is 5.69 Å². The van der Waals surface area contributed by atoms with E-state index in [1.54, 1.807) is 19.1 Å². The number of carbonyl (C=O) groups is 3. The third-order valence-corrected chi connectivity index (χ3v) is 7.25. The van der Waals surface area contributed by atoms with Crippen molar-refractivity contribution in [3.63, 3.8) is 0 Å². The summed E-state index contributed by atoms with van der Waals surface area (Å²) in [4.78, 5) is 40.7. The standard InChI is InChI=1S/C23H24ClN3O3S/c1-13-4-8-18(14(2)10-13)31-19-9-7-16(24)11-17(19)25-20(28)12-27-21(29)23(3,15-5-6-15)26-22(27)30/h4,7-11,15H,5-6,12H2,1-3H3,(H,25,28)(H,26,30). The van der Waals surface area contributed by atoms with Crippen molar-refractivity contribution < 1.29 is 14.4 Å². The minimum absolute atomic E-state index is 0.144. The van der Waals surface area contributed by atoms with E-state index in [0.717, 1.165) is 33.1 Å². The van der Waals surface area contributed by atoms with Crippen LogP contribution in [-0.2, 0) is 9.59 Å². The Kier molecular flexibility index (Phi) is 5.75. The second-order valence-electron chi connectivity index (χ2n) is 8.36. The molecule has 162 valence electrons. The zero-order valence-corrected chi connectivity index (χ0v) is 19.2. The van der Waals surface area contributed by atoms with Gasteiger partial charge in [-0.2, -0.15) is 0 Å². The molecule has 4 rings (SSSR count). The normalized spacial score (nSPS) is 20.7. The number of urea groups is 1. The molecular formula is C23H24ClN3O3S. The maximum Gasteiger partial charge on any atom is 0.325 e. The van der Waals surface area contributed by atoms with Crippen molar-refractivity contribution in [3.05, 3.63) is 52.5 Å². The molecule has 1 heterocycles. The van der Waals surface area contributed by atoms with Gasteiger partial charge in [-0.25, -0.2) is 4.79 Å². The Hall–Kier alpha value is -2.51. The Balaban J connectivity index is 1.50. The molecule has 2 N–H and O–H groups in total. The molecule has 1 saturated carbocycles. The lowest BCUT2D eigenvalue weighted by Crippen LogP contribution is -2.46. The number of imide groups is 1. The molecule has 8 heteroatoms. The van der Waals surface area contributed by atoms with E-state index in [4.69, 9.17) is 11.6 Å². The van der Waals surface area contributed by atoms with Crippen LogP contribution >= 0.6 is 23.4 Å². The molecule has 2 aromatic rings. The summed E-state index contributed by atoms with van der Waals surface area (Å²) in [6, 6.07) is 10.9. The van der Waals surface area contributed by atoms with Crippen molar-refractivity contribution in [2.24, 2.45) is 5.92 Å². The highest BCUT2D eigenvalue weighted by atomic mass is 35.5. The largest absolute Gasteiger partial charge is 0.325 e. The van der Waals surface area contributed by atoms with E-state index >= 15 is 0 Å². The fraction of sp³-hybridized carbons (Fsp3) is 0.348. The van der Waals surface area contributed by atoms with Crippen molar-refractivity contribution in [1.29, 1.82) is 0 Å². The van der Waals surface area contributed by atoms with Crippen LogP contribution in [-0.4, -0.2) is 34.8 Å². The summed E-state index contributed by atoms with van der Waals surface area (Å²) in [5.41, 5.74) is 1.95. The van der Waals surface area contributed by atoms with Crippen molar-refractivity contribution in [1.82, 2.24) is 10.2 Å². The first-order chi connectivity index (χ1) is 14.7. The van der Waals surface area contributed by atoms with Crippen LogP contribution in [0.2, 0.25) is 5.02 Å². The number of aryl methyl sites for hydroxylation is 2. The number of halogens is 1. The number of nitrogens with one attached hydrogen (secondary N) is 2. The molecule has 1 unspecified atom stereocenters. The highest BCUT2D eigenvalue weighted by Crippen LogP contribution is 2.42. The molecule has 4 amide bonds. The Morgan fingerprint density at radius 2 is 1.90 bits per heavy atom. The second-order valence-corrected chi connectivity index (χ2v) is 9.88. The second kappa shape index (κ2) is 8.20. The third-order valence-electron chi connectivity index (χ3n) is 5.76. The zero-order valence-electron chi connectivity index (χ0n) is 17.6. The Morgan fingerprint density at radius 1 is 1.19 bits per heavy atom. The maximum atomic E-state index is 12.8. The number of amides is 4. The van der Waals surface area contributed by atoms with Crippen LogP contribution in [0, 0.1) is 19.8 Å². The van der Waals surface area contributed by atoms with Gasteiger partial charge in [0.1, 0.15) is 12.1 Å². The summed E-state index contributed by atoms with van der Waals surface area (Å²) >= 11 is 7.68. The van der Waals surface area contributed by atoms with Gasteiger partial charge >= 0.3 is 6.03 Å². The molecule has 0 aromatic heterocycles. The smallest absolute Gasteiger partial charge is 0.323 e. The van der Waals surface area contributed by atoms with Crippen molar-refractivity contribution in [2.75, 3.05) is 11.9 Å². The summed E-state index contributed by atoms with van der Waals surface area (Å²) in [6.45, 7) is 5.48. The Labute approximate surface area is 190 Å². The van der Waals surface area contributed by atoms with Crippen molar-refractivity contribution in [3.8, 4) is 0 Å². The van der Waals surface area contributed by atoms with Gasteiger partial charge in [-0.15, -0.1) is 0 Å². The Bertz CT molecular complexity index is 1090. The number of benzene rings is 2. The SMILES string of the molecule is Cc1ccc(Sc2ccc(Cl)cc2NC(=O)CN2C(=O)NC(C)(C3CC3)C2=O)c(C)c1. The van der Waals surface area contributed by atoms with E-state index in [9.17, 15) is 14.4 Å². The predicted molar refractivity (Wildman–Crippen MR) is 121 cm³/mol. The number of hydrogen-bond acceptors (Lipinski definition) is 4. The number of carbonyl (C=O) groups excluding carboxylic acids is 3. The fourth-order valence-electron chi connectivity index (χ4n) is 3.85. The Morgan fingerprint density at radius 3 is 2.58 bits per heavy atom. The maximum absolute atomic E-state index is 12.8. The molecule has 6 nitrogen and oxygen atoms in total. The van der Waals surface area contributed by atoms with Gasteiger partial charge in [0.2, 0.25) is 5.91 Å². The topological polar surface area (TPSA) is 78.5 Å². The zero-order chi connectivity index (χ0) is 22.3. The van der Waals surface area contributed by atoms with Crippen LogP contribution in [0.15, 0.2) is 46.2 Å². The van der Waals surface area contributed by atoms with E-state index < -0.39 is 17.5 Å². The minimum Gasteiger partial charge on any atom is -0.323 e. The van der Waals surface area contributed by atoms with Crippen LogP contribution in [0.1, 0.15) is 30.9 Å². The van der Waals surface area contributed by atoms with E-state index in [2.05, 4.69) is 16.7 Å². The average molecular weight is 458 g/mol. The first-order valence-corrected chi connectivity index (χ1v) is 11.4. The fourth-order valence-corrected chi connectivity index (χ4v) is 4.97. The molecule has 1 aliphatic carbocycles. The van der Waals surface area contributed by atoms with Gasteiger partial charge in [0, 0.05) is 14.8 Å². The lowest BCUT2D eigenvalue weighted by atomic mass is 9.96. The highest BCUT2D eigenvalue weighted by Gasteiger charge is 2.56. The molecule has 0 bridgehead atoms. The summed E-state index contributed by atoms with van der Waals surface area (Å²) in [5.74, 6) is -0.648. The van der Waals surface area contributed by atoms with Gasteiger partial charge < -0.3 is 10.6 Å². The number of nitrogens with zero attached hydrogens (tertiary/aromatic N) is 1. The van der Waals surface area contributed by atoms with Gasteiger partial charge in [-0.05, 0) is 69.4 Å². The van der Waals surface area contributed by atoms with Crippen LogP contribution in [0.3, 0.4) is 0 Å². The third kappa shape index (κ3) is 4.43. The molecule has 1 aliphatic heterocycles. The highest BCUT2D eigenvalue weighted by molar-refractivity contribution is 7.99. The first-order valence-electron chi connectivity index (χ1n) is 10.2. The number of rotatable bonds is 6. The molecule has 2 aliphatic rings. The van der Waals surface area contributed by atoms with Crippen LogP contribution in [0.25, 0.3) is 0 Å². The molecule has 0 radical (unpaired) electrons. The molecule has 1 atom stereocenters. The summed E-state index contributed by atoms with van der Waals surface area (Å²) < 4.78 is 0. The van der Waals surface area contributed by atoms with Crippen molar-refractivity contribution >= 4 is 46.9 Å². The first kappa shape index (κ1) is 21.7.